The largest absolute Gasteiger partial charge is 0.360 e. The van der Waals surface area contributed by atoms with Gasteiger partial charge in [-0.2, -0.15) is 0 Å². The van der Waals surface area contributed by atoms with Crippen LogP contribution < -0.4 is 14.7 Å². The molecule has 0 bridgehead atoms. The fraction of sp³-hybridized carbons (Fsp3) is 0.231. The summed E-state index contributed by atoms with van der Waals surface area (Å²) in [5.74, 6) is -0.0384. The third kappa shape index (κ3) is 4.01. The van der Waals surface area contributed by atoms with Crippen molar-refractivity contribution in [2.24, 2.45) is 4.99 Å². The number of aliphatic imine (C=N–C) groups is 1. The fourth-order valence-electron chi connectivity index (χ4n) is 4.45. The Labute approximate surface area is 193 Å². The number of piperazine rings is 1. The molecule has 1 N–H and O–H groups in total. The molecule has 32 heavy (non-hydrogen) atoms. The van der Waals surface area contributed by atoms with Crippen LogP contribution in [0.3, 0.4) is 0 Å². The highest BCUT2D eigenvalue weighted by Crippen LogP contribution is 2.31. The molecule has 0 unspecified atom stereocenters. The quantitative estimate of drug-likeness (QED) is 0.668. The first-order valence-electron chi connectivity index (χ1n) is 11.0. The molecule has 0 aliphatic carbocycles. The summed E-state index contributed by atoms with van der Waals surface area (Å²) < 4.78 is 0. The Hall–Kier alpha value is -3.15. The van der Waals surface area contributed by atoms with Crippen molar-refractivity contribution in [2.45, 2.75) is 6.92 Å². The first-order chi connectivity index (χ1) is 15.6. The number of nitrogens with zero attached hydrogens (tertiary/aromatic N) is 3. The molecule has 5 nitrogen and oxygen atoms in total. The number of halogens is 1. The minimum Gasteiger partial charge on any atom is -0.360 e. The number of aryl methyl sites for hydroxylation is 1. The van der Waals surface area contributed by atoms with E-state index in [-0.39, 0.29) is 5.91 Å². The van der Waals surface area contributed by atoms with Gasteiger partial charge in [-0.3, -0.25) is 9.69 Å². The summed E-state index contributed by atoms with van der Waals surface area (Å²) in [4.78, 5) is 23.9. The summed E-state index contributed by atoms with van der Waals surface area (Å²) in [6.45, 7) is 6.56. The molecule has 0 spiro atoms. The lowest BCUT2D eigenvalue weighted by molar-refractivity contribution is -0.899. The number of para-hydroxylation sites is 2. The maximum Gasteiger partial charge on any atom is 0.281 e. The second-order valence-electron chi connectivity index (χ2n) is 8.37. The van der Waals surface area contributed by atoms with Crippen molar-refractivity contribution in [3.8, 4) is 0 Å². The number of benzene rings is 3. The van der Waals surface area contributed by atoms with E-state index in [0.717, 1.165) is 48.7 Å². The molecule has 1 saturated heterocycles. The van der Waals surface area contributed by atoms with Gasteiger partial charge < -0.3 is 9.80 Å². The van der Waals surface area contributed by atoms with E-state index >= 15 is 0 Å². The Morgan fingerprint density at radius 3 is 2.47 bits per heavy atom. The molecule has 0 atom stereocenters. The molecule has 1 fully saturated rings. The number of anilines is 2. The van der Waals surface area contributed by atoms with E-state index in [4.69, 9.17) is 16.6 Å². The topological polar surface area (TPSA) is 40.4 Å². The van der Waals surface area contributed by atoms with Crippen LogP contribution in [0.5, 0.6) is 0 Å². The highest BCUT2D eigenvalue weighted by Gasteiger charge is 2.36. The van der Waals surface area contributed by atoms with Gasteiger partial charge in [-0.15, -0.1) is 0 Å². The second-order valence-corrected chi connectivity index (χ2v) is 8.81. The van der Waals surface area contributed by atoms with Gasteiger partial charge in [0, 0.05) is 16.3 Å². The predicted octanol–water partition coefficient (Wildman–Crippen LogP) is 3.48. The number of hydrogen-bond acceptors (Lipinski definition) is 3. The van der Waals surface area contributed by atoms with Crippen LogP contribution in [0.25, 0.3) is 0 Å². The number of carbonyl (C=O) groups is 1. The molecule has 5 rings (SSSR count). The maximum atomic E-state index is 13.5. The molecule has 3 aromatic carbocycles. The first kappa shape index (κ1) is 20.7. The van der Waals surface area contributed by atoms with E-state index in [2.05, 4.69) is 29.2 Å². The summed E-state index contributed by atoms with van der Waals surface area (Å²) in [6, 6.07) is 24.1. The highest BCUT2D eigenvalue weighted by molar-refractivity contribution is 6.54. The van der Waals surface area contributed by atoms with E-state index in [0.29, 0.717) is 17.4 Å². The molecular weight excluding hydrogens is 420 g/mol. The molecule has 0 aromatic heterocycles. The third-order valence-corrected chi connectivity index (χ3v) is 6.51. The minimum absolute atomic E-state index is 0.0384. The average Bonchev–Trinajstić information content (AvgIpc) is 3.08. The standard InChI is InChI=1S/C26H25ClN4O/c1-19-11-12-20(27)17-23(19)28-25-22-9-5-6-10-24(22)31(26(25)32)18-29-13-15-30(16-14-29)21-7-3-2-4-8-21/h2-12,17H,13-16,18H2,1H3/p+1. The Bertz CT molecular complexity index is 1170. The molecule has 2 heterocycles. The van der Waals surface area contributed by atoms with Crippen LogP contribution in [0.4, 0.5) is 17.1 Å². The summed E-state index contributed by atoms with van der Waals surface area (Å²) in [7, 11) is 0. The van der Waals surface area contributed by atoms with Gasteiger partial charge in [0.2, 0.25) is 0 Å². The number of quaternary nitrogens is 1. The summed E-state index contributed by atoms with van der Waals surface area (Å²) >= 11 is 6.18. The van der Waals surface area contributed by atoms with Crippen molar-refractivity contribution in [1.82, 2.24) is 0 Å². The Morgan fingerprint density at radius 2 is 1.69 bits per heavy atom. The van der Waals surface area contributed by atoms with Gasteiger partial charge in [-0.1, -0.05) is 54.1 Å². The van der Waals surface area contributed by atoms with E-state index in [1.165, 1.54) is 10.6 Å². The van der Waals surface area contributed by atoms with Gasteiger partial charge in [0.15, 0.2) is 6.67 Å². The number of rotatable bonds is 4. The van der Waals surface area contributed by atoms with Gasteiger partial charge in [-0.25, -0.2) is 4.99 Å². The van der Waals surface area contributed by atoms with Gasteiger partial charge in [0.05, 0.1) is 37.6 Å². The number of fused-ring (bicyclic) bond motifs is 1. The van der Waals surface area contributed by atoms with Crippen molar-refractivity contribution in [2.75, 3.05) is 42.6 Å². The van der Waals surface area contributed by atoms with Crippen LogP contribution in [-0.4, -0.2) is 44.5 Å². The van der Waals surface area contributed by atoms with Gasteiger partial charge in [0.1, 0.15) is 5.71 Å². The number of nitrogens with one attached hydrogen (secondary N) is 1. The Balaban J connectivity index is 1.36. The Morgan fingerprint density at radius 1 is 0.969 bits per heavy atom. The third-order valence-electron chi connectivity index (χ3n) is 6.27. The SMILES string of the molecule is Cc1ccc(Cl)cc1N=C1C(=O)N(C[NH+]2CCN(c3ccccc3)CC2)c2ccccc21. The first-order valence-corrected chi connectivity index (χ1v) is 11.4. The maximum absolute atomic E-state index is 13.5. The molecule has 6 heteroatoms. The Kier molecular flexibility index (Phi) is 5.68. The van der Waals surface area contributed by atoms with Crippen LogP contribution >= 0.6 is 11.6 Å². The second kappa shape index (κ2) is 8.77. The lowest BCUT2D eigenvalue weighted by Crippen LogP contribution is -3.16. The van der Waals surface area contributed by atoms with Crippen LogP contribution in [0.1, 0.15) is 11.1 Å². The van der Waals surface area contributed by atoms with E-state index in [1.54, 1.807) is 0 Å². The zero-order valence-corrected chi connectivity index (χ0v) is 18.8. The van der Waals surface area contributed by atoms with Crippen LogP contribution in [0.2, 0.25) is 5.02 Å². The highest BCUT2D eigenvalue weighted by atomic mass is 35.5. The zero-order valence-electron chi connectivity index (χ0n) is 18.1. The molecular formula is C26H26ClN4O+. The lowest BCUT2D eigenvalue weighted by Gasteiger charge is -2.35. The smallest absolute Gasteiger partial charge is 0.281 e. The molecule has 2 aliphatic rings. The summed E-state index contributed by atoms with van der Waals surface area (Å²) in [5.41, 5.74) is 5.32. The van der Waals surface area contributed by atoms with Crippen molar-refractivity contribution >= 4 is 40.3 Å². The van der Waals surface area contributed by atoms with Gasteiger partial charge in [0.25, 0.3) is 5.91 Å². The minimum atomic E-state index is -0.0384. The van der Waals surface area contributed by atoms with Gasteiger partial charge in [-0.05, 0) is 42.8 Å². The molecule has 3 aromatic rings. The average molecular weight is 446 g/mol. The van der Waals surface area contributed by atoms with Crippen molar-refractivity contribution in [3.05, 3.63) is 88.9 Å². The predicted molar refractivity (Wildman–Crippen MR) is 131 cm³/mol. The number of carbonyl (C=O) groups excluding carboxylic acids is 1. The summed E-state index contributed by atoms with van der Waals surface area (Å²) in [6.07, 6.45) is 0. The van der Waals surface area contributed by atoms with Crippen molar-refractivity contribution in [1.29, 1.82) is 0 Å². The molecule has 0 saturated carbocycles. The summed E-state index contributed by atoms with van der Waals surface area (Å²) in [5, 5.41) is 0.617. The van der Waals surface area contributed by atoms with Crippen molar-refractivity contribution in [3.63, 3.8) is 0 Å². The van der Waals surface area contributed by atoms with Crippen LogP contribution in [0, 0.1) is 6.92 Å². The van der Waals surface area contributed by atoms with E-state index < -0.39 is 0 Å². The van der Waals surface area contributed by atoms with Crippen LogP contribution in [-0.2, 0) is 4.79 Å². The van der Waals surface area contributed by atoms with E-state index in [1.807, 2.05) is 60.4 Å². The number of amides is 1. The normalized spacial score (nSPS) is 17.8. The van der Waals surface area contributed by atoms with Gasteiger partial charge >= 0.3 is 0 Å². The van der Waals surface area contributed by atoms with E-state index in [9.17, 15) is 4.79 Å². The molecule has 1 amide bonds. The molecule has 0 radical (unpaired) electrons. The lowest BCUT2D eigenvalue weighted by atomic mass is 10.1. The zero-order chi connectivity index (χ0) is 22.1. The molecule has 2 aliphatic heterocycles. The van der Waals surface area contributed by atoms with Crippen molar-refractivity contribution < 1.29 is 9.69 Å². The number of hydrogen-bond donors (Lipinski definition) is 1. The fourth-order valence-corrected chi connectivity index (χ4v) is 4.62. The molecule has 162 valence electrons. The monoisotopic (exact) mass is 445 g/mol. The van der Waals surface area contributed by atoms with Crippen LogP contribution in [0.15, 0.2) is 77.8 Å².